The molecule has 1 aliphatic carbocycles. The SMILES string of the molecule is CCCC(OS(=O)(=O)C(F)(F)F)C1CCCC1. The summed E-state index contributed by atoms with van der Waals surface area (Å²) >= 11 is 0. The maximum atomic E-state index is 12.2. The Bertz CT molecular complexity index is 331. The van der Waals surface area contributed by atoms with E-state index < -0.39 is 21.7 Å². The highest BCUT2D eigenvalue weighted by atomic mass is 32.2. The van der Waals surface area contributed by atoms with E-state index in [9.17, 15) is 21.6 Å². The summed E-state index contributed by atoms with van der Waals surface area (Å²) in [5.41, 5.74) is -5.32. The molecule has 0 aliphatic heterocycles. The van der Waals surface area contributed by atoms with Gasteiger partial charge in [0.1, 0.15) is 0 Å². The molecule has 102 valence electrons. The first-order valence-corrected chi connectivity index (χ1v) is 7.18. The topological polar surface area (TPSA) is 43.4 Å². The fraction of sp³-hybridized carbons (Fsp3) is 1.00. The van der Waals surface area contributed by atoms with Crippen molar-refractivity contribution in [2.45, 2.75) is 57.1 Å². The second-order valence-electron chi connectivity index (χ2n) is 4.37. The maximum Gasteiger partial charge on any atom is 0.523 e. The van der Waals surface area contributed by atoms with Crippen molar-refractivity contribution in [3.8, 4) is 0 Å². The molecule has 0 N–H and O–H groups in total. The summed E-state index contributed by atoms with van der Waals surface area (Å²) in [7, 11) is -5.46. The third kappa shape index (κ3) is 3.84. The molecule has 1 atom stereocenters. The minimum absolute atomic E-state index is 0.0629. The lowest BCUT2D eigenvalue weighted by molar-refractivity contribution is -0.0598. The number of hydrogen-bond acceptors (Lipinski definition) is 3. The molecule has 0 aromatic rings. The largest absolute Gasteiger partial charge is 0.523 e. The zero-order valence-corrected chi connectivity index (χ0v) is 10.5. The predicted molar refractivity (Wildman–Crippen MR) is 56.7 cm³/mol. The summed E-state index contributed by atoms with van der Waals surface area (Å²) in [4.78, 5) is 0. The van der Waals surface area contributed by atoms with Crippen molar-refractivity contribution in [3.63, 3.8) is 0 Å². The summed E-state index contributed by atoms with van der Waals surface area (Å²) in [6.45, 7) is 1.80. The van der Waals surface area contributed by atoms with Crippen LogP contribution in [0.15, 0.2) is 0 Å². The van der Waals surface area contributed by atoms with Gasteiger partial charge in [0, 0.05) is 0 Å². The van der Waals surface area contributed by atoms with Crippen molar-refractivity contribution in [2.24, 2.45) is 5.92 Å². The van der Waals surface area contributed by atoms with Crippen LogP contribution < -0.4 is 0 Å². The van der Waals surface area contributed by atoms with Gasteiger partial charge < -0.3 is 0 Å². The van der Waals surface area contributed by atoms with Crippen LogP contribution in [-0.2, 0) is 14.3 Å². The summed E-state index contributed by atoms with van der Waals surface area (Å²) in [5, 5.41) is 0. The Balaban J connectivity index is 2.73. The van der Waals surface area contributed by atoms with Gasteiger partial charge in [-0.3, -0.25) is 4.18 Å². The van der Waals surface area contributed by atoms with E-state index in [1.54, 1.807) is 6.92 Å². The number of hydrogen-bond donors (Lipinski definition) is 0. The Morgan fingerprint density at radius 3 is 2.24 bits per heavy atom. The highest BCUT2D eigenvalue weighted by Crippen LogP contribution is 2.35. The van der Waals surface area contributed by atoms with E-state index in [4.69, 9.17) is 0 Å². The molecule has 0 aromatic carbocycles. The molecule has 0 spiro atoms. The minimum atomic E-state index is -5.46. The Hall–Kier alpha value is -0.300. The monoisotopic (exact) mass is 274 g/mol. The lowest BCUT2D eigenvalue weighted by Crippen LogP contribution is -2.33. The molecule has 1 aliphatic rings. The first-order chi connectivity index (χ1) is 7.78. The van der Waals surface area contributed by atoms with Gasteiger partial charge >= 0.3 is 15.6 Å². The zero-order chi connectivity index (χ0) is 13.1. The van der Waals surface area contributed by atoms with E-state index in [-0.39, 0.29) is 5.92 Å². The Kier molecular flexibility index (Phi) is 4.83. The van der Waals surface area contributed by atoms with Gasteiger partial charge in [-0.05, 0) is 25.2 Å². The second kappa shape index (κ2) is 5.56. The molecule has 0 saturated heterocycles. The second-order valence-corrected chi connectivity index (χ2v) is 5.93. The van der Waals surface area contributed by atoms with E-state index in [0.717, 1.165) is 25.7 Å². The third-order valence-corrected chi connectivity index (χ3v) is 4.10. The fourth-order valence-corrected chi connectivity index (χ4v) is 2.88. The van der Waals surface area contributed by atoms with Crippen LogP contribution in [-0.4, -0.2) is 20.0 Å². The third-order valence-electron chi connectivity index (χ3n) is 3.03. The minimum Gasteiger partial charge on any atom is -0.260 e. The molecule has 1 fully saturated rings. The molecule has 17 heavy (non-hydrogen) atoms. The zero-order valence-electron chi connectivity index (χ0n) is 9.66. The smallest absolute Gasteiger partial charge is 0.260 e. The van der Waals surface area contributed by atoms with Crippen molar-refractivity contribution in [1.82, 2.24) is 0 Å². The van der Waals surface area contributed by atoms with Crippen molar-refractivity contribution in [1.29, 1.82) is 0 Å². The van der Waals surface area contributed by atoms with Gasteiger partial charge in [-0.25, -0.2) is 0 Å². The van der Waals surface area contributed by atoms with E-state index in [0.29, 0.717) is 12.8 Å². The summed E-state index contributed by atoms with van der Waals surface area (Å²) in [6, 6.07) is 0. The number of halogens is 3. The summed E-state index contributed by atoms with van der Waals surface area (Å²) < 4.78 is 62.9. The Labute approximate surface area is 99.5 Å². The fourth-order valence-electron chi connectivity index (χ4n) is 2.19. The van der Waals surface area contributed by atoms with E-state index in [2.05, 4.69) is 4.18 Å². The van der Waals surface area contributed by atoms with Gasteiger partial charge in [0.2, 0.25) is 0 Å². The van der Waals surface area contributed by atoms with Crippen LogP contribution in [0.1, 0.15) is 45.4 Å². The highest BCUT2D eigenvalue weighted by Gasteiger charge is 2.49. The normalized spacial score (nSPS) is 20.7. The lowest BCUT2D eigenvalue weighted by atomic mass is 9.97. The van der Waals surface area contributed by atoms with Gasteiger partial charge in [0.15, 0.2) is 0 Å². The van der Waals surface area contributed by atoms with E-state index in [1.165, 1.54) is 0 Å². The molecule has 3 nitrogen and oxygen atoms in total. The van der Waals surface area contributed by atoms with Crippen LogP contribution in [0.3, 0.4) is 0 Å². The van der Waals surface area contributed by atoms with Crippen molar-refractivity contribution >= 4 is 10.1 Å². The van der Waals surface area contributed by atoms with Gasteiger partial charge in [-0.15, -0.1) is 0 Å². The number of rotatable bonds is 5. The highest BCUT2D eigenvalue weighted by molar-refractivity contribution is 7.87. The van der Waals surface area contributed by atoms with Crippen molar-refractivity contribution in [3.05, 3.63) is 0 Å². The van der Waals surface area contributed by atoms with Crippen LogP contribution in [0, 0.1) is 5.92 Å². The molecule has 7 heteroatoms. The van der Waals surface area contributed by atoms with Gasteiger partial charge in [0.05, 0.1) is 6.10 Å². The van der Waals surface area contributed by atoms with Crippen molar-refractivity contribution < 1.29 is 25.8 Å². The molecule has 0 heterocycles. The lowest BCUT2D eigenvalue weighted by Gasteiger charge is -2.23. The molecule has 0 radical (unpaired) electrons. The molecular weight excluding hydrogens is 257 g/mol. The standard InChI is InChI=1S/C10H17F3O3S/c1-2-5-9(8-6-3-4-7-8)16-17(14,15)10(11,12)13/h8-9H,2-7H2,1H3. The molecule has 1 rings (SSSR count). The average Bonchev–Trinajstić information content (AvgIpc) is 2.67. The average molecular weight is 274 g/mol. The Morgan fingerprint density at radius 1 is 1.29 bits per heavy atom. The first-order valence-electron chi connectivity index (χ1n) is 5.77. The predicted octanol–water partition coefficient (Wildman–Crippen LogP) is 3.21. The Morgan fingerprint density at radius 2 is 1.82 bits per heavy atom. The molecular formula is C10H17F3O3S. The molecule has 1 saturated carbocycles. The van der Waals surface area contributed by atoms with Crippen molar-refractivity contribution in [2.75, 3.05) is 0 Å². The first kappa shape index (κ1) is 14.8. The van der Waals surface area contributed by atoms with Crippen LogP contribution in [0.4, 0.5) is 13.2 Å². The van der Waals surface area contributed by atoms with Gasteiger partial charge in [-0.1, -0.05) is 26.2 Å². The summed E-state index contributed by atoms with van der Waals surface area (Å²) in [6.07, 6.45) is 3.49. The molecule has 0 amide bonds. The molecule has 0 bridgehead atoms. The van der Waals surface area contributed by atoms with Gasteiger partial charge in [-0.2, -0.15) is 21.6 Å². The van der Waals surface area contributed by atoms with Crippen LogP contribution >= 0.6 is 0 Å². The maximum absolute atomic E-state index is 12.2. The molecule has 0 aromatic heterocycles. The van der Waals surface area contributed by atoms with Crippen LogP contribution in [0.25, 0.3) is 0 Å². The van der Waals surface area contributed by atoms with Gasteiger partial charge in [0.25, 0.3) is 0 Å². The van der Waals surface area contributed by atoms with Crippen LogP contribution in [0.5, 0.6) is 0 Å². The molecule has 1 unspecified atom stereocenters. The van der Waals surface area contributed by atoms with Crippen LogP contribution in [0.2, 0.25) is 0 Å². The van der Waals surface area contributed by atoms with E-state index >= 15 is 0 Å². The number of alkyl halides is 3. The van der Waals surface area contributed by atoms with E-state index in [1.807, 2.05) is 0 Å². The summed E-state index contributed by atoms with van der Waals surface area (Å²) in [5.74, 6) is -0.0629. The quantitative estimate of drug-likeness (QED) is 0.571.